The Morgan fingerprint density at radius 2 is 1.60 bits per heavy atom. The zero-order chi connectivity index (χ0) is 15.0. The summed E-state index contributed by atoms with van der Waals surface area (Å²) in [5.41, 5.74) is 1.05. The molecule has 0 amide bonds. The van der Waals surface area contributed by atoms with E-state index in [-0.39, 0.29) is 0 Å². The predicted molar refractivity (Wildman–Crippen MR) is 80.9 cm³/mol. The highest BCUT2D eigenvalue weighted by atomic mass is 16.5. The molecule has 0 saturated carbocycles. The van der Waals surface area contributed by atoms with Gasteiger partial charge in [-0.15, -0.1) is 0 Å². The highest BCUT2D eigenvalue weighted by molar-refractivity contribution is 5.50. The third kappa shape index (κ3) is 4.58. The van der Waals surface area contributed by atoms with Gasteiger partial charge < -0.3 is 24.8 Å². The van der Waals surface area contributed by atoms with E-state index in [0.717, 1.165) is 30.9 Å². The van der Waals surface area contributed by atoms with Crippen LogP contribution in [0.15, 0.2) is 12.1 Å². The number of rotatable bonds is 9. The summed E-state index contributed by atoms with van der Waals surface area (Å²) in [6, 6.07) is 4.18. The molecule has 114 valence electrons. The number of ether oxygens (including phenoxy) is 3. The van der Waals surface area contributed by atoms with Crippen LogP contribution in [-0.4, -0.2) is 40.5 Å². The van der Waals surface area contributed by atoms with Crippen LogP contribution in [0, 0.1) is 0 Å². The van der Waals surface area contributed by atoms with Gasteiger partial charge in [-0.25, -0.2) is 0 Å². The fourth-order valence-corrected chi connectivity index (χ4v) is 1.95. The molecule has 5 heteroatoms. The Morgan fingerprint density at radius 3 is 2.15 bits per heavy atom. The van der Waals surface area contributed by atoms with Crippen molar-refractivity contribution < 1.29 is 14.2 Å². The molecule has 1 aromatic carbocycles. The molecule has 0 bridgehead atoms. The van der Waals surface area contributed by atoms with Crippen molar-refractivity contribution in [3.05, 3.63) is 17.7 Å². The lowest BCUT2D eigenvalue weighted by Gasteiger charge is -2.17. The van der Waals surface area contributed by atoms with E-state index in [1.807, 2.05) is 12.1 Å². The van der Waals surface area contributed by atoms with E-state index in [0.29, 0.717) is 17.5 Å². The van der Waals surface area contributed by atoms with Crippen LogP contribution in [0.2, 0.25) is 0 Å². The van der Waals surface area contributed by atoms with Gasteiger partial charge in [-0.3, -0.25) is 0 Å². The van der Waals surface area contributed by atoms with Crippen LogP contribution >= 0.6 is 0 Å². The minimum atomic E-state index is 0.382. The summed E-state index contributed by atoms with van der Waals surface area (Å²) in [5.74, 6) is 2.18. The van der Waals surface area contributed by atoms with Crippen LogP contribution in [-0.2, 0) is 6.54 Å². The summed E-state index contributed by atoms with van der Waals surface area (Å²) in [4.78, 5) is 0. The van der Waals surface area contributed by atoms with E-state index in [2.05, 4.69) is 24.5 Å². The smallest absolute Gasteiger partial charge is 0.164 e. The van der Waals surface area contributed by atoms with Gasteiger partial charge in [0, 0.05) is 30.8 Å². The largest absolute Gasteiger partial charge is 0.496 e. The van der Waals surface area contributed by atoms with Crippen molar-refractivity contribution in [3.63, 3.8) is 0 Å². The lowest BCUT2D eigenvalue weighted by molar-refractivity contribution is 0.346. The Labute approximate surface area is 121 Å². The standard InChI is InChI=1S/C15H26N2O3/c1-6-16-9-11(2)17-10-12-7-14(19-4)15(20-5)8-13(12)18-3/h7-8,11,16-17H,6,9-10H2,1-5H3. The average molecular weight is 282 g/mol. The fourth-order valence-electron chi connectivity index (χ4n) is 1.95. The van der Waals surface area contributed by atoms with Crippen LogP contribution in [0.25, 0.3) is 0 Å². The number of hydrogen-bond donors (Lipinski definition) is 2. The van der Waals surface area contributed by atoms with E-state index in [9.17, 15) is 0 Å². The maximum atomic E-state index is 5.41. The fraction of sp³-hybridized carbons (Fsp3) is 0.600. The molecular weight excluding hydrogens is 256 g/mol. The van der Waals surface area contributed by atoms with Crippen molar-refractivity contribution in [2.45, 2.75) is 26.4 Å². The molecule has 5 nitrogen and oxygen atoms in total. The summed E-state index contributed by atoms with van der Waals surface area (Å²) < 4.78 is 16.0. The monoisotopic (exact) mass is 282 g/mol. The minimum Gasteiger partial charge on any atom is -0.496 e. The number of nitrogens with one attached hydrogen (secondary N) is 2. The minimum absolute atomic E-state index is 0.382. The molecule has 1 unspecified atom stereocenters. The SMILES string of the molecule is CCNCC(C)NCc1cc(OC)c(OC)cc1OC. The van der Waals surface area contributed by atoms with E-state index in [1.54, 1.807) is 21.3 Å². The lowest BCUT2D eigenvalue weighted by atomic mass is 10.1. The molecule has 1 rings (SSSR count). The zero-order valence-electron chi connectivity index (χ0n) is 13.1. The van der Waals surface area contributed by atoms with Crippen molar-refractivity contribution in [2.24, 2.45) is 0 Å². The number of methoxy groups -OCH3 is 3. The van der Waals surface area contributed by atoms with Crippen LogP contribution < -0.4 is 24.8 Å². The molecule has 0 aliphatic heterocycles. The van der Waals surface area contributed by atoms with Crippen LogP contribution in [0.4, 0.5) is 0 Å². The summed E-state index contributed by atoms with van der Waals surface area (Å²) >= 11 is 0. The molecule has 0 fully saturated rings. The summed E-state index contributed by atoms with van der Waals surface area (Å²) in [5, 5.41) is 6.77. The highest BCUT2D eigenvalue weighted by Gasteiger charge is 2.12. The Bertz CT molecular complexity index is 410. The Balaban J connectivity index is 2.77. The van der Waals surface area contributed by atoms with Gasteiger partial charge in [-0.05, 0) is 19.5 Å². The molecule has 2 N–H and O–H groups in total. The average Bonchev–Trinajstić information content (AvgIpc) is 2.49. The number of likely N-dealkylation sites (N-methyl/N-ethyl adjacent to an activating group) is 1. The molecule has 0 saturated heterocycles. The van der Waals surface area contributed by atoms with Crippen molar-refractivity contribution in [2.75, 3.05) is 34.4 Å². The van der Waals surface area contributed by atoms with Crippen LogP contribution in [0.1, 0.15) is 19.4 Å². The molecule has 0 aliphatic carbocycles. The Hall–Kier alpha value is -1.46. The molecule has 0 radical (unpaired) electrons. The van der Waals surface area contributed by atoms with Gasteiger partial charge in [0.1, 0.15) is 5.75 Å². The maximum absolute atomic E-state index is 5.41. The first kappa shape index (κ1) is 16.6. The van der Waals surface area contributed by atoms with Crippen LogP contribution in [0.5, 0.6) is 17.2 Å². The quantitative estimate of drug-likeness (QED) is 0.723. The Kier molecular flexibility index (Phi) is 7.18. The summed E-state index contributed by atoms with van der Waals surface area (Å²) in [7, 11) is 4.91. The van der Waals surface area contributed by atoms with Gasteiger partial charge in [0.05, 0.1) is 21.3 Å². The van der Waals surface area contributed by atoms with Gasteiger partial charge in [0.2, 0.25) is 0 Å². The van der Waals surface area contributed by atoms with Gasteiger partial charge >= 0.3 is 0 Å². The maximum Gasteiger partial charge on any atom is 0.164 e. The van der Waals surface area contributed by atoms with Crippen molar-refractivity contribution in [1.82, 2.24) is 10.6 Å². The second-order valence-corrected chi connectivity index (χ2v) is 4.61. The van der Waals surface area contributed by atoms with Gasteiger partial charge in [-0.1, -0.05) is 6.92 Å². The first-order valence-electron chi connectivity index (χ1n) is 6.89. The van der Waals surface area contributed by atoms with Gasteiger partial charge in [0.15, 0.2) is 11.5 Å². The third-order valence-electron chi connectivity index (χ3n) is 3.13. The van der Waals surface area contributed by atoms with Gasteiger partial charge in [0.25, 0.3) is 0 Å². The molecule has 0 spiro atoms. The molecule has 1 atom stereocenters. The Morgan fingerprint density at radius 1 is 1.00 bits per heavy atom. The van der Waals surface area contributed by atoms with E-state index < -0.39 is 0 Å². The van der Waals surface area contributed by atoms with Crippen LogP contribution in [0.3, 0.4) is 0 Å². The number of benzene rings is 1. The van der Waals surface area contributed by atoms with Crippen molar-refractivity contribution >= 4 is 0 Å². The first-order valence-corrected chi connectivity index (χ1v) is 6.89. The van der Waals surface area contributed by atoms with E-state index in [1.165, 1.54) is 0 Å². The van der Waals surface area contributed by atoms with Crippen molar-refractivity contribution in [3.8, 4) is 17.2 Å². The second-order valence-electron chi connectivity index (χ2n) is 4.61. The zero-order valence-corrected chi connectivity index (χ0v) is 13.1. The molecular formula is C15H26N2O3. The van der Waals surface area contributed by atoms with E-state index >= 15 is 0 Å². The highest BCUT2D eigenvalue weighted by Crippen LogP contribution is 2.34. The third-order valence-corrected chi connectivity index (χ3v) is 3.13. The lowest BCUT2D eigenvalue weighted by Crippen LogP contribution is -2.35. The normalized spacial score (nSPS) is 12.1. The molecule has 0 heterocycles. The molecule has 20 heavy (non-hydrogen) atoms. The first-order chi connectivity index (χ1) is 9.65. The molecule has 0 aromatic heterocycles. The summed E-state index contributed by atoms with van der Waals surface area (Å²) in [6.07, 6.45) is 0. The van der Waals surface area contributed by atoms with Crippen molar-refractivity contribution in [1.29, 1.82) is 0 Å². The summed E-state index contributed by atoms with van der Waals surface area (Å²) in [6.45, 7) is 6.88. The predicted octanol–water partition coefficient (Wildman–Crippen LogP) is 1.80. The topological polar surface area (TPSA) is 51.8 Å². The van der Waals surface area contributed by atoms with Gasteiger partial charge in [-0.2, -0.15) is 0 Å². The molecule has 0 aliphatic rings. The van der Waals surface area contributed by atoms with E-state index in [4.69, 9.17) is 14.2 Å². The number of hydrogen-bond acceptors (Lipinski definition) is 5. The second kappa shape index (κ2) is 8.66. The molecule has 1 aromatic rings.